The van der Waals surface area contributed by atoms with Crippen molar-refractivity contribution < 1.29 is 4.57 Å². The molecule has 0 bridgehead atoms. The second-order valence-corrected chi connectivity index (χ2v) is 18.4. The quantitative estimate of drug-likeness (QED) is 0.0963. The number of aliphatic imine (C=N–C) groups is 1. The van der Waals surface area contributed by atoms with Crippen LogP contribution < -0.4 is 4.57 Å². The van der Waals surface area contributed by atoms with Crippen LogP contribution in [0.3, 0.4) is 0 Å². The summed E-state index contributed by atoms with van der Waals surface area (Å²) in [5.74, 6) is 2.08. The summed E-state index contributed by atoms with van der Waals surface area (Å²) in [5.41, 5.74) is 13.8. The van der Waals surface area contributed by atoms with E-state index in [0.717, 1.165) is 24.1 Å². The number of para-hydroxylation sites is 3. The molecule has 7 aromatic carbocycles. The highest BCUT2D eigenvalue weighted by atomic mass is 32.1. The summed E-state index contributed by atoms with van der Waals surface area (Å²) >= 11 is 1.93. The van der Waals surface area contributed by atoms with Gasteiger partial charge in [0.15, 0.2) is 11.0 Å². The van der Waals surface area contributed by atoms with E-state index < -0.39 is 0 Å². The van der Waals surface area contributed by atoms with Gasteiger partial charge < -0.3 is 0 Å². The van der Waals surface area contributed by atoms with Crippen LogP contribution in [0.25, 0.3) is 69.8 Å². The van der Waals surface area contributed by atoms with Crippen molar-refractivity contribution in [1.82, 2.24) is 4.57 Å². The number of fused-ring (bicyclic) bond motifs is 15. The number of aromatic nitrogens is 2. The van der Waals surface area contributed by atoms with Crippen LogP contribution in [0.15, 0.2) is 157 Å². The fourth-order valence-corrected chi connectivity index (χ4v) is 11.7. The third-order valence-corrected chi connectivity index (χ3v) is 14.4. The molecule has 59 heavy (non-hydrogen) atoms. The lowest BCUT2D eigenvalue weighted by molar-refractivity contribution is -0.652. The van der Waals surface area contributed by atoms with Crippen molar-refractivity contribution in [2.45, 2.75) is 70.9 Å². The molecular formula is C55H48N3S+. The molecule has 0 saturated carbocycles. The Morgan fingerprint density at radius 2 is 1.47 bits per heavy atom. The molecule has 0 aliphatic carbocycles. The molecule has 0 N–H and O–H groups in total. The van der Waals surface area contributed by atoms with Gasteiger partial charge >= 0.3 is 0 Å². The van der Waals surface area contributed by atoms with Gasteiger partial charge in [-0.2, -0.15) is 4.57 Å². The largest absolute Gasteiger partial charge is 0.295 e. The average Bonchev–Trinajstić information content (AvgIpc) is 3.79. The minimum Gasteiger partial charge on any atom is -0.276 e. The van der Waals surface area contributed by atoms with Crippen molar-refractivity contribution in [2.75, 3.05) is 0 Å². The lowest BCUT2D eigenvalue weighted by Gasteiger charge is -2.33. The van der Waals surface area contributed by atoms with E-state index >= 15 is 0 Å². The fraction of sp³-hybridized carbons (Fsp3) is 0.200. The van der Waals surface area contributed by atoms with Gasteiger partial charge in [0, 0.05) is 42.8 Å². The van der Waals surface area contributed by atoms with Crippen molar-refractivity contribution in [3.8, 4) is 17.1 Å². The van der Waals surface area contributed by atoms with E-state index in [4.69, 9.17) is 11.6 Å². The zero-order valence-electron chi connectivity index (χ0n) is 34.3. The first-order chi connectivity index (χ1) is 28.8. The Bertz CT molecular complexity index is 3230. The highest BCUT2D eigenvalue weighted by Gasteiger charge is 2.38. The standard InChI is InChI=1S/C55H48N3S/c1-7-47-42-18-11-10-17-40(42)44-26-24-36-29-51-46(52-43-25-23-35-15-8-9-16-39(35)41(43)27-28-50(52)59-51)30-45(36)55-57(31-34(6)53(44)56-47)48-21-12-13-22-49(48)58(55)54-37(32(2)3)19-14-20-38(54)33(4)5/h7-23,25,27-30,32-33,44,53H,1,6,24,26,31H2,2-5H3/q+1. The lowest BCUT2D eigenvalue weighted by Crippen LogP contribution is -2.41. The molecule has 0 fully saturated rings. The van der Waals surface area contributed by atoms with E-state index in [1.807, 2.05) is 17.4 Å². The Morgan fingerprint density at radius 1 is 0.729 bits per heavy atom. The summed E-state index contributed by atoms with van der Waals surface area (Å²) in [6.07, 6.45) is 3.81. The van der Waals surface area contributed by atoms with Gasteiger partial charge in [-0.15, -0.1) is 11.3 Å². The molecule has 2 aromatic heterocycles. The number of allylic oxidation sites excluding steroid dienone is 1. The maximum absolute atomic E-state index is 5.48. The molecule has 0 spiro atoms. The van der Waals surface area contributed by atoms with Gasteiger partial charge in [0.05, 0.1) is 17.3 Å². The molecule has 2 aliphatic rings. The van der Waals surface area contributed by atoms with Crippen LogP contribution in [-0.2, 0) is 13.0 Å². The van der Waals surface area contributed by atoms with E-state index in [0.29, 0.717) is 18.4 Å². The van der Waals surface area contributed by atoms with E-state index in [9.17, 15) is 0 Å². The number of nitrogens with zero attached hydrogens (tertiary/aromatic N) is 3. The minimum atomic E-state index is -0.0645. The molecule has 288 valence electrons. The molecule has 2 unspecified atom stereocenters. The van der Waals surface area contributed by atoms with Gasteiger partial charge in [0.1, 0.15) is 12.2 Å². The van der Waals surface area contributed by atoms with Gasteiger partial charge in [-0.25, -0.2) is 4.57 Å². The van der Waals surface area contributed by atoms with Crippen LogP contribution in [0.4, 0.5) is 0 Å². The first-order valence-electron chi connectivity index (χ1n) is 21.2. The Morgan fingerprint density at radius 3 is 2.29 bits per heavy atom. The van der Waals surface area contributed by atoms with E-state index in [-0.39, 0.29) is 12.0 Å². The molecular weight excluding hydrogens is 735 g/mol. The zero-order chi connectivity index (χ0) is 40.1. The first kappa shape index (κ1) is 36.0. The Hall–Kier alpha value is -6.10. The topological polar surface area (TPSA) is 21.2 Å². The van der Waals surface area contributed by atoms with Gasteiger partial charge in [0.25, 0.3) is 5.82 Å². The maximum atomic E-state index is 5.48. The minimum absolute atomic E-state index is 0.0645. The molecule has 11 rings (SSSR count). The SMILES string of the molecule is C=CC1=NC2C(=C)C[n+]3c(n(-c4c(C(C)C)cccc4C(C)C)c4ccccc43)-c3cc4c(cc3CCC2c2ccccc21)sc1ccc2c3ccccc3ccc2c14. The summed E-state index contributed by atoms with van der Waals surface area (Å²) in [4.78, 5) is 5.48. The normalized spacial score (nSPS) is 16.8. The number of hydrogen-bond donors (Lipinski definition) is 0. The number of thiophene rings is 1. The Balaban J connectivity index is 1.28. The second-order valence-electron chi connectivity index (χ2n) is 17.3. The fourth-order valence-electron chi connectivity index (χ4n) is 10.5. The molecule has 9 aromatic rings. The van der Waals surface area contributed by atoms with Crippen molar-refractivity contribution in [3.05, 3.63) is 180 Å². The second kappa shape index (κ2) is 13.7. The number of aryl methyl sites for hydroxylation is 1. The van der Waals surface area contributed by atoms with Gasteiger partial charge in [-0.3, -0.25) is 4.99 Å². The smallest absolute Gasteiger partial charge is 0.276 e. The monoisotopic (exact) mass is 782 g/mol. The number of imidazole rings is 1. The zero-order valence-corrected chi connectivity index (χ0v) is 35.1. The van der Waals surface area contributed by atoms with Crippen LogP contribution in [-0.4, -0.2) is 16.3 Å². The van der Waals surface area contributed by atoms with Crippen LogP contribution >= 0.6 is 11.3 Å². The van der Waals surface area contributed by atoms with E-state index in [1.165, 1.54) is 97.6 Å². The highest BCUT2D eigenvalue weighted by Crippen LogP contribution is 2.46. The van der Waals surface area contributed by atoms with E-state index in [2.05, 4.69) is 171 Å². The third kappa shape index (κ3) is 5.46. The molecule has 0 amide bonds. The predicted molar refractivity (Wildman–Crippen MR) is 252 cm³/mol. The van der Waals surface area contributed by atoms with Crippen LogP contribution in [0.1, 0.15) is 79.7 Å². The summed E-state index contributed by atoms with van der Waals surface area (Å²) in [7, 11) is 0. The molecule has 0 saturated heterocycles. The molecule has 2 aliphatic heterocycles. The summed E-state index contributed by atoms with van der Waals surface area (Å²) in [6, 6.07) is 48.0. The van der Waals surface area contributed by atoms with Crippen molar-refractivity contribution in [3.63, 3.8) is 0 Å². The summed E-state index contributed by atoms with van der Waals surface area (Å²) in [6.45, 7) is 19.1. The van der Waals surface area contributed by atoms with Crippen LogP contribution in [0.2, 0.25) is 0 Å². The van der Waals surface area contributed by atoms with Crippen molar-refractivity contribution in [1.29, 1.82) is 0 Å². The van der Waals surface area contributed by atoms with Gasteiger partial charge in [-0.1, -0.05) is 138 Å². The molecule has 2 atom stereocenters. The van der Waals surface area contributed by atoms with Crippen molar-refractivity contribution >= 4 is 69.8 Å². The molecule has 4 heteroatoms. The average molecular weight is 783 g/mol. The van der Waals surface area contributed by atoms with Crippen molar-refractivity contribution in [2.24, 2.45) is 4.99 Å². The highest BCUT2D eigenvalue weighted by molar-refractivity contribution is 7.26. The number of hydrogen-bond acceptors (Lipinski definition) is 2. The lowest BCUT2D eigenvalue weighted by atomic mass is 9.77. The molecule has 3 nitrogen and oxygen atoms in total. The molecule has 4 heterocycles. The Kier molecular flexibility index (Phi) is 8.39. The van der Waals surface area contributed by atoms with Crippen LogP contribution in [0.5, 0.6) is 0 Å². The number of rotatable bonds is 4. The number of benzene rings is 7. The molecule has 0 radical (unpaired) electrons. The summed E-state index contributed by atoms with van der Waals surface area (Å²) < 4.78 is 7.88. The predicted octanol–water partition coefficient (Wildman–Crippen LogP) is 14.1. The van der Waals surface area contributed by atoms with Gasteiger partial charge in [-0.05, 0) is 99.3 Å². The maximum Gasteiger partial charge on any atom is 0.295 e. The van der Waals surface area contributed by atoms with E-state index in [1.54, 1.807) is 0 Å². The van der Waals surface area contributed by atoms with Gasteiger partial charge in [0.2, 0.25) is 0 Å². The summed E-state index contributed by atoms with van der Waals surface area (Å²) in [5, 5.41) is 7.89. The first-order valence-corrected chi connectivity index (χ1v) is 22.1. The third-order valence-electron chi connectivity index (χ3n) is 13.3. The Labute approximate surface area is 350 Å². The van der Waals surface area contributed by atoms with Crippen LogP contribution in [0, 0.1) is 0 Å².